The number of nitrogens with zero attached hydrogens (tertiary/aromatic N) is 3. The number of likely N-dealkylation sites (tertiary alicyclic amines) is 1. The van der Waals surface area contributed by atoms with Crippen LogP contribution in [0.2, 0.25) is 0 Å². The fraction of sp³-hybridized carbons (Fsp3) is 0.520. The Balaban J connectivity index is 1.57. The average Bonchev–Trinajstić information content (AvgIpc) is 2.80. The van der Waals surface area contributed by atoms with Gasteiger partial charge < -0.3 is 14.8 Å². The zero-order chi connectivity index (χ0) is 22.7. The molecule has 0 unspecified atom stereocenters. The first-order valence-electron chi connectivity index (χ1n) is 11.7. The number of piperidine rings is 1. The van der Waals surface area contributed by atoms with Crippen LogP contribution >= 0.6 is 0 Å². The largest absolute Gasteiger partial charge is 0.336 e. The number of rotatable bonds is 5. The van der Waals surface area contributed by atoms with Gasteiger partial charge in [0.15, 0.2) is 0 Å². The number of aromatic amines is 1. The predicted molar refractivity (Wildman–Crippen MR) is 122 cm³/mol. The van der Waals surface area contributed by atoms with Crippen LogP contribution < -0.4 is 5.56 Å². The molecule has 0 bridgehead atoms. The minimum absolute atomic E-state index is 0.0543. The summed E-state index contributed by atoms with van der Waals surface area (Å²) in [6.45, 7) is 5.61. The Morgan fingerprint density at radius 1 is 1.12 bits per heavy atom. The van der Waals surface area contributed by atoms with Gasteiger partial charge in [-0.1, -0.05) is 36.8 Å². The number of H-pyrrole nitrogens is 1. The van der Waals surface area contributed by atoms with Crippen molar-refractivity contribution in [2.24, 2.45) is 0 Å². The normalized spacial score (nSPS) is 18.4. The number of nitrogens with one attached hydrogen (secondary N) is 1. The smallest absolute Gasteiger partial charge is 0.254 e. The molecule has 2 aliphatic rings. The summed E-state index contributed by atoms with van der Waals surface area (Å²) in [6, 6.07) is 7.79. The highest BCUT2D eigenvalue weighted by Crippen LogP contribution is 2.30. The van der Waals surface area contributed by atoms with Gasteiger partial charge >= 0.3 is 0 Å². The number of aromatic nitrogens is 2. The molecule has 1 saturated heterocycles. The monoisotopic (exact) mass is 436 g/mol. The van der Waals surface area contributed by atoms with Crippen LogP contribution in [-0.2, 0) is 29.0 Å². The molecular weight excluding hydrogens is 404 g/mol. The first-order chi connectivity index (χ1) is 15.5. The molecule has 7 nitrogen and oxygen atoms in total. The fourth-order valence-corrected chi connectivity index (χ4v) is 4.70. The maximum Gasteiger partial charge on any atom is 0.254 e. The molecule has 7 heteroatoms. The van der Waals surface area contributed by atoms with Crippen molar-refractivity contribution in [1.82, 2.24) is 19.8 Å². The molecule has 0 spiro atoms. The summed E-state index contributed by atoms with van der Waals surface area (Å²) in [7, 11) is 0. The number of aryl methyl sites for hydroxylation is 1. The van der Waals surface area contributed by atoms with Gasteiger partial charge in [-0.3, -0.25) is 14.4 Å². The molecule has 170 valence electrons. The second kappa shape index (κ2) is 9.67. The Hall–Kier alpha value is -2.96. The van der Waals surface area contributed by atoms with E-state index >= 15 is 0 Å². The van der Waals surface area contributed by atoms with Gasteiger partial charge in [0, 0.05) is 25.1 Å². The molecule has 2 amide bonds. The van der Waals surface area contributed by atoms with Gasteiger partial charge in [-0.05, 0) is 44.6 Å². The molecule has 1 aromatic carbocycles. The number of carbonyl (C=O) groups is 2. The summed E-state index contributed by atoms with van der Waals surface area (Å²) < 4.78 is 0. The van der Waals surface area contributed by atoms with E-state index in [-0.39, 0.29) is 23.4 Å². The second-order valence-electron chi connectivity index (χ2n) is 8.95. The first kappa shape index (κ1) is 22.2. The average molecular weight is 437 g/mol. The van der Waals surface area contributed by atoms with E-state index in [1.165, 1.54) is 5.56 Å². The van der Waals surface area contributed by atoms with Gasteiger partial charge in [-0.2, -0.15) is 0 Å². The molecule has 2 aliphatic heterocycles. The van der Waals surface area contributed by atoms with Crippen molar-refractivity contribution in [2.75, 3.05) is 13.1 Å². The van der Waals surface area contributed by atoms with E-state index in [0.29, 0.717) is 56.0 Å². The number of hydrogen-bond donors (Lipinski definition) is 1. The summed E-state index contributed by atoms with van der Waals surface area (Å²) in [5, 5.41) is 0. The van der Waals surface area contributed by atoms with E-state index in [1.54, 1.807) is 4.90 Å². The van der Waals surface area contributed by atoms with E-state index in [9.17, 15) is 14.4 Å². The molecule has 4 rings (SSSR count). The van der Waals surface area contributed by atoms with Crippen molar-refractivity contribution in [3.8, 4) is 0 Å². The van der Waals surface area contributed by atoms with Crippen LogP contribution in [0.5, 0.6) is 0 Å². The van der Waals surface area contributed by atoms with Crippen LogP contribution in [0.1, 0.15) is 73.3 Å². The third-order valence-electron chi connectivity index (χ3n) is 6.52. The molecule has 1 aromatic heterocycles. The van der Waals surface area contributed by atoms with Gasteiger partial charge in [0.05, 0.1) is 24.7 Å². The highest BCUT2D eigenvalue weighted by atomic mass is 16.2. The second-order valence-corrected chi connectivity index (χ2v) is 8.95. The molecule has 1 fully saturated rings. The van der Waals surface area contributed by atoms with E-state index < -0.39 is 0 Å². The lowest BCUT2D eigenvalue weighted by atomic mass is 9.99. The minimum atomic E-state index is -0.235. The Morgan fingerprint density at radius 2 is 1.91 bits per heavy atom. The maximum absolute atomic E-state index is 13.2. The number of carbonyl (C=O) groups excluding carboxylic acids is 2. The number of benzene rings is 1. The zero-order valence-corrected chi connectivity index (χ0v) is 19.0. The molecule has 32 heavy (non-hydrogen) atoms. The van der Waals surface area contributed by atoms with Gasteiger partial charge in [0.2, 0.25) is 11.8 Å². The SMILES string of the molecule is CCCC(=O)N1CCc2c(nc([C@H]3CCCCN3C(=O)Cc3ccc(C)cc3)[nH]c2=O)C1. The molecule has 0 radical (unpaired) electrons. The van der Waals surface area contributed by atoms with Crippen molar-refractivity contribution >= 4 is 11.8 Å². The van der Waals surface area contributed by atoms with Crippen LogP contribution in [-0.4, -0.2) is 44.7 Å². The van der Waals surface area contributed by atoms with Crippen LogP contribution in [0.4, 0.5) is 0 Å². The van der Waals surface area contributed by atoms with Crippen molar-refractivity contribution < 1.29 is 9.59 Å². The maximum atomic E-state index is 13.2. The molecule has 1 atom stereocenters. The first-order valence-corrected chi connectivity index (χ1v) is 11.7. The van der Waals surface area contributed by atoms with E-state index in [0.717, 1.165) is 31.2 Å². The summed E-state index contributed by atoms with van der Waals surface area (Å²) in [6.07, 6.45) is 4.89. The molecule has 0 aliphatic carbocycles. The summed E-state index contributed by atoms with van der Waals surface area (Å²) in [5.41, 5.74) is 3.36. The van der Waals surface area contributed by atoms with Crippen molar-refractivity contribution in [3.05, 3.63) is 62.8 Å². The Morgan fingerprint density at radius 3 is 2.66 bits per heavy atom. The van der Waals surface area contributed by atoms with Crippen molar-refractivity contribution in [1.29, 1.82) is 0 Å². The van der Waals surface area contributed by atoms with Crippen LogP contribution in [0.15, 0.2) is 29.1 Å². The van der Waals surface area contributed by atoms with Crippen LogP contribution in [0, 0.1) is 6.92 Å². The van der Waals surface area contributed by atoms with Gasteiger partial charge in [-0.15, -0.1) is 0 Å². The molecule has 3 heterocycles. The molecule has 0 saturated carbocycles. The highest BCUT2D eigenvalue weighted by molar-refractivity contribution is 5.79. The lowest BCUT2D eigenvalue weighted by Gasteiger charge is -2.36. The molecular formula is C25H32N4O3. The van der Waals surface area contributed by atoms with Crippen molar-refractivity contribution in [2.45, 2.75) is 71.4 Å². The highest BCUT2D eigenvalue weighted by Gasteiger charge is 2.32. The number of amides is 2. The quantitative estimate of drug-likeness (QED) is 0.781. The third kappa shape index (κ3) is 4.76. The Labute approximate surface area is 188 Å². The summed E-state index contributed by atoms with van der Waals surface area (Å²) >= 11 is 0. The zero-order valence-electron chi connectivity index (χ0n) is 19.0. The standard InChI is InChI=1S/C25H32N4O3/c1-3-6-22(30)28-14-12-19-20(16-28)26-24(27-25(19)32)21-7-4-5-13-29(21)23(31)15-18-10-8-17(2)9-11-18/h8-11,21H,3-7,12-16H2,1-2H3,(H,26,27,32)/t21-/m1/s1. The van der Waals surface area contributed by atoms with Gasteiger partial charge in [0.1, 0.15) is 5.82 Å². The lowest BCUT2D eigenvalue weighted by molar-refractivity contribution is -0.134. The van der Waals surface area contributed by atoms with E-state index in [1.807, 2.05) is 43.0 Å². The summed E-state index contributed by atoms with van der Waals surface area (Å²) in [5.74, 6) is 0.712. The lowest BCUT2D eigenvalue weighted by Crippen LogP contribution is -2.43. The fourth-order valence-electron chi connectivity index (χ4n) is 4.70. The van der Waals surface area contributed by atoms with E-state index in [2.05, 4.69) is 4.98 Å². The Bertz CT molecular complexity index is 1040. The van der Waals surface area contributed by atoms with Crippen LogP contribution in [0.3, 0.4) is 0 Å². The van der Waals surface area contributed by atoms with Crippen molar-refractivity contribution in [3.63, 3.8) is 0 Å². The van der Waals surface area contributed by atoms with E-state index in [4.69, 9.17) is 4.98 Å². The van der Waals surface area contributed by atoms with Crippen LogP contribution in [0.25, 0.3) is 0 Å². The molecule has 2 aromatic rings. The predicted octanol–water partition coefficient (Wildman–Crippen LogP) is 3.06. The van der Waals surface area contributed by atoms with Gasteiger partial charge in [0.25, 0.3) is 5.56 Å². The topological polar surface area (TPSA) is 86.4 Å². The number of hydrogen-bond acceptors (Lipinski definition) is 4. The summed E-state index contributed by atoms with van der Waals surface area (Å²) in [4.78, 5) is 49.8. The third-order valence-corrected chi connectivity index (χ3v) is 6.52. The molecule has 1 N–H and O–H groups in total. The Kier molecular flexibility index (Phi) is 6.72. The van der Waals surface area contributed by atoms with Gasteiger partial charge in [-0.25, -0.2) is 4.98 Å². The number of fused-ring (bicyclic) bond motifs is 1. The minimum Gasteiger partial charge on any atom is -0.336 e.